The minimum absolute atomic E-state index is 0.0428. The number of anilines is 1. The molecule has 1 aromatic carbocycles. The number of hydrogen-bond acceptors (Lipinski definition) is 5. The molecule has 0 spiro atoms. The average molecular weight is 319 g/mol. The van der Waals surface area contributed by atoms with Crippen LogP contribution in [0.4, 0.5) is 11.4 Å². The number of rotatable bonds is 8. The molecule has 0 aliphatic rings. The minimum atomic E-state index is -0.418. The highest BCUT2D eigenvalue weighted by atomic mass is 79.9. The van der Waals surface area contributed by atoms with Gasteiger partial charge >= 0.3 is 0 Å². The molecule has 0 saturated carbocycles. The fourth-order valence-corrected chi connectivity index (χ4v) is 1.66. The highest BCUT2D eigenvalue weighted by molar-refractivity contribution is 9.10. The molecule has 1 N–H and O–H groups in total. The minimum Gasteiger partial charge on any atom is -0.382 e. The maximum Gasteiger partial charge on any atom is 0.293 e. The number of halogens is 1. The number of nitro groups is 1. The average Bonchev–Trinajstić information content (AvgIpc) is 2.35. The summed E-state index contributed by atoms with van der Waals surface area (Å²) in [5, 5.41) is 13.8. The first-order valence-corrected chi connectivity index (χ1v) is 6.19. The van der Waals surface area contributed by atoms with E-state index in [-0.39, 0.29) is 5.69 Å². The van der Waals surface area contributed by atoms with Crippen molar-refractivity contribution in [3.8, 4) is 0 Å². The maximum atomic E-state index is 10.8. The quantitative estimate of drug-likeness (QED) is 0.452. The molecule has 0 fully saturated rings. The molecule has 100 valence electrons. The molecular weight excluding hydrogens is 304 g/mol. The zero-order valence-corrected chi connectivity index (χ0v) is 11.6. The second-order valence-electron chi connectivity index (χ2n) is 3.45. The molecule has 0 atom stereocenters. The van der Waals surface area contributed by atoms with Gasteiger partial charge < -0.3 is 14.8 Å². The zero-order valence-electron chi connectivity index (χ0n) is 10.0. The Balaban J connectivity index is 2.44. The first-order chi connectivity index (χ1) is 8.65. The van der Waals surface area contributed by atoms with Crippen LogP contribution in [0.15, 0.2) is 22.7 Å². The number of benzene rings is 1. The molecule has 0 heterocycles. The summed E-state index contributed by atoms with van der Waals surface area (Å²) in [4.78, 5) is 10.4. The smallest absolute Gasteiger partial charge is 0.293 e. The SMILES string of the molecule is COCCOCCNc1ccc(Br)cc1[N+](=O)[O-]. The largest absolute Gasteiger partial charge is 0.382 e. The Hall–Kier alpha value is -1.18. The van der Waals surface area contributed by atoms with Crippen LogP contribution in [0.5, 0.6) is 0 Å². The van der Waals surface area contributed by atoms with Gasteiger partial charge in [-0.25, -0.2) is 0 Å². The van der Waals surface area contributed by atoms with E-state index in [0.29, 0.717) is 36.5 Å². The fraction of sp³-hybridized carbons (Fsp3) is 0.455. The van der Waals surface area contributed by atoms with Crippen LogP contribution < -0.4 is 5.32 Å². The Morgan fingerprint density at radius 2 is 2.17 bits per heavy atom. The molecule has 0 radical (unpaired) electrons. The van der Waals surface area contributed by atoms with Crippen molar-refractivity contribution >= 4 is 27.3 Å². The molecule has 0 aliphatic carbocycles. The van der Waals surface area contributed by atoms with Crippen molar-refractivity contribution in [3.63, 3.8) is 0 Å². The summed E-state index contributed by atoms with van der Waals surface area (Å²) < 4.78 is 10.8. The third-order valence-electron chi connectivity index (χ3n) is 2.15. The second kappa shape index (κ2) is 8.02. The number of hydrogen-bond donors (Lipinski definition) is 1. The summed E-state index contributed by atoms with van der Waals surface area (Å²) in [5.74, 6) is 0. The number of nitro benzene ring substituents is 1. The van der Waals surface area contributed by atoms with Crippen molar-refractivity contribution in [2.45, 2.75) is 0 Å². The normalized spacial score (nSPS) is 10.3. The lowest BCUT2D eigenvalue weighted by molar-refractivity contribution is -0.384. The summed E-state index contributed by atoms with van der Waals surface area (Å²) in [6, 6.07) is 4.88. The van der Waals surface area contributed by atoms with Crippen LogP contribution in [0.3, 0.4) is 0 Å². The predicted octanol–water partition coefficient (Wildman–Crippen LogP) is 2.43. The summed E-state index contributed by atoms with van der Waals surface area (Å²) in [6.45, 7) is 2.03. The molecule has 0 bridgehead atoms. The van der Waals surface area contributed by atoms with E-state index >= 15 is 0 Å². The second-order valence-corrected chi connectivity index (χ2v) is 4.37. The van der Waals surface area contributed by atoms with Crippen LogP contribution in [0.1, 0.15) is 0 Å². The van der Waals surface area contributed by atoms with E-state index in [4.69, 9.17) is 9.47 Å². The standard InChI is InChI=1S/C11H15BrN2O4/c1-17-6-7-18-5-4-13-10-3-2-9(12)8-11(10)14(15)16/h2-3,8,13H,4-7H2,1H3. The molecule has 0 aliphatic heterocycles. The molecule has 1 rings (SSSR count). The lowest BCUT2D eigenvalue weighted by atomic mass is 10.2. The number of nitrogens with one attached hydrogen (secondary N) is 1. The van der Waals surface area contributed by atoms with E-state index < -0.39 is 4.92 Å². The van der Waals surface area contributed by atoms with Crippen molar-refractivity contribution in [1.29, 1.82) is 0 Å². The van der Waals surface area contributed by atoms with Crippen LogP contribution in [-0.2, 0) is 9.47 Å². The monoisotopic (exact) mass is 318 g/mol. The summed E-state index contributed by atoms with van der Waals surface area (Å²) in [7, 11) is 1.60. The van der Waals surface area contributed by atoms with Crippen molar-refractivity contribution in [3.05, 3.63) is 32.8 Å². The summed E-state index contributed by atoms with van der Waals surface area (Å²) >= 11 is 3.20. The van der Waals surface area contributed by atoms with Crippen LogP contribution in [0, 0.1) is 10.1 Å². The number of nitrogens with zero attached hydrogens (tertiary/aromatic N) is 1. The Morgan fingerprint density at radius 1 is 1.39 bits per heavy atom. The summed E-state index contributed by atoms with van der Waals surface area (Å²) in [6.07, 6.45) is 0. The van der Waals surface area contributed by atoms with E-state index in [1.807, 2.05) is 0 Å². The third-order valence-corrected chi connectivity index (χ3v) is 2.64. The topological polar surface area (TPSA) is 73.6 Å². The highest BCUT2D eigenvalue weighted by Gasteiger charge is 2.13. The van der Waals surface area contributed by atoms with E-state index in [0.717, 1.165) is 0 Å². The molecule has 0 saturated heterocycles. The van der Waals surface area contributed by atoms with Gasteiger partial charge in [0.15, 0.2) is 0 Å². The molecule has 0 aromatic heterocycles. The molecular formula is C11H15BrN2O4. The van der Waals surface area contributed by atoms with Gasteiger partial charge in [0, 0.05) is 24.2 Å². The van der Waals surface area contributed by atoms with Gasteiger partial charge in [0.2, 0.25) is 0 Å². The number of ether oxygens (including phenoxy) is 2. The van der Waals surface area contributed by atoms with E-state index in [2.05, 4.69) is 21.2 Å². The third kappa shape index (κ3) is 4.99. The van der Waals surface area contributed by atoms with Crippen LogP contribution in [0.25, 0.3) is 0 Å². The Bertz CT molecular complexity index is 401. The van der Waals surface area contributed by atoms with Crippen molar-refractivity contribution in [2.75, 3.05) is 38.8 Å². The lowest BCUT2D eigenvalue weighted by Crippen LogP contribution is -2.12. The van der Waals surface area contributed by atoms with Crippen molar-refractivity contribution < 1.29 is 14.4 Å². The van der Waals surface area contributed by atoms with Gasteiger partial charge in [0.25, 0.3) is 5.69 Å². The van der Waals surface area contributed by atoms with Gasteiger partial charge in [-0.2, -0.15) is 0 Å². The summed E-state index contributed by atoms with van der Waals surface area (Å²) in [5.41, 5.74) is 0.528. The fourth-order valence-electron chi connectivity index (χ4n) is 1.31. The van der Waals surface area contributed by atoms with E-state index in [1.165, 1.54) is 6.07 Å². The van der Waals surface area contributed by atoms with Gasteiger partial charge in [0.1, 0.15) is 5.69 Å². The maximum absolute atomic E-state index is 10.8. The predicted molar refractivity (Wildman–Crippen MR) is 72.0 cm³/mol. The molecule has 0 unspecified atom stereocenters. The van der Waals surface area contributed by atoms with E-state index in [9.17, 15) is 10.1 Å². The highest BCUT2D eigenvalue weighted by Crippen LogP contribution is 2.27. The molecule has 6 nitrogen and oxygen atoms in total. The van der Waals surface area contributed by atoms with Gasteiger partial charge in [-0.05, 0) is 12.1 Å². The first kappa shape index (κ1) is 14.9. The Kier molecular flexibility index (Phi) is 6.63. The van der Waals surface area contributed by atoms with Crippen LogP contribution in [0.2, 0.25) is 0 Å². The van der Waals surface area contributed by atoms with Crippen LogP contribution in [-0.4, -0.2) is 38.4 Å². The van der Waals surface area contributed by atoms with Crippen molar-refractivity contribution in [2.24, 2.45) is 0 Å². The van der Waals surface area contributed by atoms with Gasteiger partial charge in [-0.1, -0.05) is 15.9 Å². The molecule has 18 heavy (non-hydrogen) atoms. The number of methoxy groups -OCH3 is 1. The Morgan fingerprint density at radius 3 is 2.83 bits per heavy atom. The van der Waals surface area contributed by atoms with Gasteiger partial charge in [-0.3, -0.25) is 10.1 Å². The van der Waals surface area contributed by atoms with Gasteiger partial charge in [-0.15, -0.1) is 0 Å². The van der Waals surface area contributed by atoms with Crippen molar-refractivity contribution in [1.82, 2.24) is 0 Å². The zero-order chi connectivity index (χ0) is 13.4. The first-order valence-electron chi connectivity index (χ1n) is 5.39. The van der Waals surface area contributed by atoms with E-state index in [1.54, 1.807) is 19.2 Å². The molecule has 0 amide bonds. The lowest BCUT2D eigenvalue weighted by Gasteiger charge is -2.08. The molecule has 1 aromatic rings. The Labute approximate surface area is 114 Å². The van der Waals surface area contributed by atoms with Crippen LogP contribution >= 0.6 is 15.9 Å². The van der Waals surface area contributed by atoms with Gasteiger partial charge in [0.05, 0.1) is 24.7 Å². The molecule has 7 heteroatoms.